The van der Waals surface area contributed by atoms with E-state index in [-0.39, 0.29) is 24.8 Å². The quantitative estimate of drug-likeness (QED) is 0.582. The molecule has 1 amide bonds. The van der Waals surface area contributed by atoms with Crippen LogP contribution in [-0.4, -0.2) is 46.4 Å². The minimum atomic E-state index is -4.70. The van der Waals surface area contributed by atoms with Gasteiger partial charge in [0, 0.05) is 5.56 Å². The summed E-state index contributed by atoms with van der Waals surface area (Å²) < 4.78 is 41.6. The van der Waals surface area contributed by atoms with Crippen LogP contribution in [0.5, 0.6) is 0 Å². The summed E-state index contributed by atoms with van der Waals surface area (Å²) in [5, 5.41) is 15.4. The zero-order valence-corrected chi connectivity index (χ0v) is 13.7. The Morgan fingerprint density at radius 2 is 2.04 bits per heavy atom. The highest BCUT2D eigenvalue weighted by atomic mass is 19.4. The number of likely N-dealkylation sites (tertiary alicyclic amines) is 1. The molecule has 1 fully saturated rings. The molecule has 140 valence electrons. The number of nitriles is 1. The van der Waals surface area contributed by atoms with Gasteiger partial charge in [-0.3, -0.25) is 4.79 Å². The number of nitrogens with zero attached hydrogens (tertiary/aromatic N) is 5. The van der Waals surface area contributed by atoms with Crippen molar-refractivity contribution >= 4 is 11.6 Å². The molecule has 0 atom stereocenters. The maximum Gasteiger partial charge on any atom is 0.471 e. The molecule has 2 aromatic rings. The molecule has 0 unspecified atom stereocenters. The van der Waals surface area contributed by atoms with Crippen LogP contribution >= 0.6 is 0 Å². The van der Waals surface area contributed by atoms with E-state index >= 15 is 0 Å². The second-order valence-electron chi connectivity index (χ2n) is 5.63. The minimum absolute atomic E-state index is 0.124. The second-order valence-corrected chi connectivity index (χ2v) is 5.63. The van der Waals surface area contributed by atoms with Gasteiger partial charge in [-0.05, 0) is 5.56 Å². The summed E-state index contributed by atoms with van der Waals surface area (Å²) >= 11 is 0. The van der Waals surface area contributed by atoms with Gasteiger partial charge in [-0.25, -0.2) is 0 Å². The van der Waals surface area contributed by atoms with Crippen molar-refractivity contribution in [3.8, 4) is 17.5 Å². The van der Waals surface area contributed by atoms with Gasteiger partial charge in [-0.15, -0.1) is 0 Å². The highest BCUT2D eigenvalue weighted by Gasteiger charge is 2.38. The van der Waals surface area contributed by atoms with Crippen molar-refractivity contribution in [1.29, 1.82) is 5.26 Å². The van der Waals surface area contributed by atoms with Crippen molar-refractivity contribution in [2.45, 2.75) is 12.6 Å². The van der Waals surface area contributed by atoms with Gasteiger partial charge < -0.3 is 14.3 Å². The SMILES string of the molecule is N#CCON=C1CN(C(=O)Cc2ccc(-c3noc(C(F)(F)F)n3)cc2)C1. The Hall–Kier alpha value is -3.42. The summed E-state index contributed by atoms with van der Waals surface area (Å²) in [6, 6.07) is 8.05. The third kappa shape index (κ3) is 4.41. The van der Waals surface area contributed by atoms with Gasteiger partial charge in [0.25, 0.3) is 0 Å². The zero-order valence-electron chi connectivity index (χ0n) is 13.7. The molecular weight excluding hydrogens is 367 g/mol. The Morgan fingerprint density at radius 3 is 2.63 bits per heavy atom. The highest BCUT2D eigenvalue weighted by molar-refractivity contribution is 5.99. The third-order valence-corrected chi connectivity index (χ3v) is 3.66. The number of aromatic nitrogens is 2. The van der Waals surface area contributed by atoms with Crippen molar-refractivity contribution < 1.29 is 27.3 Å². The number of halogens is 3. The van der Waals surface area contributed by atoms with Gasteiger partial charge >= 0.3 is 12.1 Å². The molecule has 8 nitrogen and oxygen atoms in total. The number of hydrogen-bond acceptors (Lipinski definition) is 7. The van der Waals surface area contributed by atoms with E-state index in [2.05, 4.69) is 19.8 Å². The average Bonchev–Trinajstić information content (AvgIpc) is 3.08. The van der Waals surface area contributed by atoms with E-state index in [4.69, 9.17) is 10.1 Å². The van der Waals surface area contributed by atoms with Gasteiger partial charge in [-0.1, -0.05) is 34.6 Å². The number of alkyl halides is 3. The van der Waals surface area contributed by atoms with Crippen molar-refractivity contribution in [2.24, 2.45) is 5.16 Å². The Morgan fingerprint density at radius 1 is 1.33 bits per heavy atom. The van der Waals surface area contributed by atoms with Crippen molar-refractivity contribution in [3.05, 3.63) is 35.7 Å². The number of rotatable bonds is 5. The van der Waals surface area contributed by atoms with Crippen LogP contribution in [-0.2, 0) is 22.2 Å². The normalized spacial score (nSPS) is 13.7. The van der Waals surface area contributed by atoms with Crippen LogP contribution in [0.15, 0.2) is 33.9 Å². The smallest absolute Gasteiger partial charge is 0.380 e. The van der Waals surface area contributed by atoms with Crippen LogP contribution in [0.25, 0.3) is 11.4 Å². The van der Waals surface area contributed by atoms with Crippen LogP contribution in [0, 0.1) is 11.3 Å². The average molecular weight is 379 g/mol. The first-order valence-electron chi connectivity index (χ1n) is 7.69. The molecule has 0 spiro atoms. The molecule has 1 aromatic heterocycles. The topological polar surface area (TPSA) is 105 Å². The minimum Gasteiger partial charge on any atom is -0.380 e. The van der Waals surface area contributed by atoms with E-state index in [9.17, 15) is 18.0 Å². The van der Waals surface area contributed by atoms with Crippen LogP contribution in [0.4, 0.5) is 13.2 Å². The maximum atomic E-state index is 12.5. The Balaban J connectivity index is 1.55. The third-order valence-electron chi connectivity index (χ3n) is 3.66. The standard InChI is InChI=1S/C16H12F3N5O3/c17-16(18,19)15-21-14(23-27-15)11-3-1-10(2-4-11)7-13(25)24-8-12(9-24)22-26-6-5-20/h1-4H,6-9H2. The van der Waals surface area contributed by atoms with Gasteiger partial charge in [0.2, 0.25) is 18.3 Å². The molecule has 1 aliphatic rings. The van der Waals surface area contributed by atoms with E-state index in [0.29, 0.717) is 29.9 Å². The van der Waals surface area contributed by atoms with Gasteiger partial charge in [-0.2, -0.15) is 23.4 Å². The molecule has 1 aliphatic heterocycles. The fourth-order valence-electron chi connectivity index (χ4n) is 2.29. The largest absolute Gasteiger partial charge is 0.471 e. The molecule has 11 heteroatoms. The molecule has 1 aromatic carbocycles. The fourth-order valence-corrected chi connectivity index (χ4v) is 2.29. The summed E-state index contributed by atoms with van der Waals surface area (Å²) in [7, 11) is 0. The maximum absolute atomic E-state index is 12.5. The predicted molar refractivity (Wildman–Crippen MR) is 84.0 cm³/mol. The first-order valence-corrected chi connectivity index (χ1v) is 7.69. The summed E-state index contributed by atoms with van der Waals surface area (Å²) in [5.41, 5.74) is 1.71. The van der Waals surface area contributed by atoms with Crippen LogP contribution in [0.2, 0.25) is 0 Å². The monoisotopic (exact) mass is 379 g/mol. The molecular formula is C16H12F3N5O3. The lowest BCUT2D eigenvalue weighted by molar-refractivity contribution is -0.159. The molecule has 0 saturated carbocycles. The number of benzene rings is 1. The van der Waals surface area contributed by atoms with E-state index in [0.717, 1.165) is 0 Å². The number of oxime groups is 1. The summed E-state index contributed by atoms with van der Waals surface area (Å²) in [6.45, 7) is 0.533. The van der Waals surface area contributed by atoms with Gasteiger partial charge in [0.05, 0.1) is 25.2 Å². The lowest BCUT2D eigenvalue weighted by Crippen LogP contribution is -2.51. The molecule has 0 N–H and O–H groups in total. The van der Waals surface area contributed by atoms with Crippen LogP contribution < -0.4 is 0 Å². The number of hydrogen-bond donors (Lipinski definition) is 0. The van der Waals surface area contributed by atoms with Crippen molar-refractivity contribution in [1.82, 2.24) is 15.0 Å². The van der Waals surface area contributed by atoms with Crippen molar-refractivity contribution in [3.63, 3.8) is 0 Å². The van der Waals surface area contributed by atoms with Crippen LogP contribution in [0.3, 0.4) is 0 Å². The summed E-state index contributed by atoms with van der Waals surface area (Å²) in [6.07, 6.45) is -4.57. The molecule has 3 rings (SSSR count). The lowest BCUT2D eigenvalue weighted by atomic mass is 10.1. The molecule has 1 saturated heterocycles. The predicted octanol–water partition coefficient (Wildman–Crippen LogP) is 2.04. The number of carbonyl (C=O) groups excluding carboxylic acids is 1. The van der Waals surface area contributed by atoms with E-state index in [1.54, 1.807) is 23.1 Å². The summed E-state index contributed by atoms with van der Waals surface area (Å²) in [5.74, 6) is -1.71. The molecule has 0 bridgehead atoms. The van der Waals surface area contributed by atoms with E-state index in [1.165, 1.54) is 12.1 Å². The highest BCUT2D eigenvalue weighted by Crippen LogP contribution is 2.29. The first-order chi connectivity index (χ1) is 12.9. The van der Waals surface area contributed by atoms with E-state index in [1.807, 2.05) is 0 Å². The molecule has 0 radical (unpaired) electrons. The molecule has 27 heavy (non-hydrogen) atoms. The Labute approximate surface area is 150 Å². The Bertz CT molecular complexity index is 891. The first kappa shape index (κ1) is 18.4. The lowest BCUT2D eigenvalue weighted by Gasteiger charge is -2.32. The number of amides is 1. The second kappa shape index (κ2) is 7.45. The molecule has 0 aliphatic carbocycles. The Kier molecular flexibility index (Phi) is 5.07. The van der Waals surface area contributed by atoms with E-state index < -0.39 is 12.1 Å². The zero-order chi connectivity index (χ0) is 19.4. The fraction of sp³-hybridized carbons (Fsp3) is 0.312. The van der Waals surface area contributed by atoms with Crippen LogP contribution in [0.1, 0.15) is 11.5 Å². The van der Waals surface area contributed by atoms with Gasteiger partial charge in [0.15, 0.2) is 0 Å². The van der Waals surface area contributed by atoms with Gasteiger partial charge in [0.1, 0.15) is 6.07 Å². The molecule has 2 heterocycles. The van der Waals surface area contributed by atoms with Crippen molar-refractivity contribution in [2.75, 3.05) is 19.7 Å². The number of carbonyl (C=O) groups is 1. The summed E-state index contributed by atoms with van der Waals surface area (Å²) in [4.78, 5) is 21.7.